The second-order valence-electron chi connectivity index (χ2n) is 4.29. The Labute approximate surface area is 74.9 Å². The summed E-state index contributed by atoms with van der Waals surface area (Å²) in [5.74, 6) is 5.78. The van der Waals surface area contributed by atoms with Crippen LogP contribution in [0.15, 0.2) is 0 Å². The Morgan fingerprint density at radius 3 is 2.58 bits per heavy atom. The van der Waals surface area contributed by atoms with Gasteiger partial charge in [-0.1, -0.05) is 0 Å². The molecule has 3 atom stereocenters. The van der Waals surface area contributed by atoms with Crippen LogP contribution in [-0.2, 0) is 0 Å². The van der Waals surface area contributed by atoms with Crippen molar-refractivity contribution in [2.24, 2.45) is 17.8 Å². The molecule has 0 heterocycles. The summed E-state index contributed by atoms with van der Waals surface area (Å²) in [7, 11) is 2.03. The van der Waals surface area contributed by atoms with E-state index in [9.17, 15) is 0 Å². The Hall–Kier alpha value is -0.480. The number of hydrogen-bond acceptors (Lipinski definition) is 1. The van der Waals surface area contributed by atoms with E-state index in [0.717, 1.165) is 24.2 Å². The molecule has 1 N–H and O–H groups in total. The first kappa shape index (κ1) is 8.13. The molecule has 0 aromatic rings. The summed E-state index contributed by atoms with van der Waals surface area (Å²) in [5.41, 5.74) is 0. The molecule has 2 fully saturated rings. The molecule has 66 valence electrons. The Morgan fingerprint density at radius 1 is 1.42 bits per heavy atom. The van der Waals surface area contributed by atoms with Crippen molar-refractivity contribution in [2.75, 3.05) is 7.05 Å². The third-order valence-corrected chi connectivity index (χ3v) is 3.56. The van der Waals surface area contributed by atoms with E-state index >= 15 is 0 Å². The van der Waals surface area contributed by atoms with Crippen molar-refractivity contribution in [2.45, 2.75) is 31.7 Å². The van der Waals surface area contributed by atoms with Gasteiger partial charge in [0.25, 0.3) is 0 Å². The van der Waals surface area contributed by atoms with Crippen molar-refractivity contribution in [3.8, 4) is 12.3 Å². The maximum absolute atomic E-state index is 5.33. The molecule has 2 aliphatic carbocycles. The van der Waals surface area contributed by atoms with Crippen LogP contribution in [-0.4, -0.2) is 13.1 Å². The van der Waals surface area contributed by atoms with Crippen molar-refractivity contribution < 1.29 is 0 Å². The summed E-state index contributed by atoms with van der Waals surface area (Å²) in [4.78, 5) is 0. The van der Waals surface area contributed by atoms with Crippen LogP contribution in [0.5, 0.6) is 0 Å². The smallest absolute Gasteiger partial charge is 0.0243 e. The Kier molecular flexibility index (Phi) is 2.11. The number of nitrogens with one attached hydrogen (secondary N) is 1. The third-order valence-electron chi connectivity index (χ3n) is 3.56. The second kappa shape index (κ2) is 3.11. The average Bonchev–Trinajstić information content (AvgIpc) is 2.70. The zero-order valence-corrected chi connectivity index (χ0v) is 7.72. The predicted octanol–water partition coefficient (Wildman–Crippen LogP) is 1.64. The summed E-state index contributed by atoms with van der Waals surface area (Å²) < 4.78 is 0. The zero-order valence-electron chi connectivity index (χ0n) is 7.72. The monoisotopic (exact) mass is 163 g/mol. The topological polar surface area (TPSA) is 12.0 Å². The molecule has 0 aliphatic heterocycles. The first-order valence-electron chi connectivity index (χ1n) is 4.96. The Bertz CT molecular complexity index is 194. The zero-order chi connectivity index (χ0) is 8.55. The lowest BCUT2D eigenvalue weighted by Gasteiger charge is -2.22. The van der Waals surface area contributed by atoms with E-state index in [4.69, 9.17) is 6.42 Å². The highest BCUT2D eigenvalue weighted by molar-refractivity contribution is 5.01. The van der Waals surface area contributed by atoms with Crippen molar-refractivity contribution in [1.82, 2.24) is 5.32 Å². The molecule has 3 unspecified atom stereocenters. The van der Waals surface area contributed by atoms with E-state index in [1.54, 1.807) is 0 Å². The lowest BCUT2D eigenvalue weighted by Crippen LogP contribution is -2.32. The van der Waals surface area contributed by atoms with Crippen LogP contribution in [0.25, 0.3) is 0 Å². The fraction of sp³-hybridized carbons (Fsp3) is 0.818. The molecule has 0 saturated heterocycles. The molecule has 12 heavy (non-hydrogen) atoms. The lowest BCUT2D eigenvalue weighted by atomic mass is 9.92. The molecule has 2 saturated carbocycles. The van der Waals surface area contributed by atoms with Gasteiger partial charge in [-0.25, -0.2) is 0 Å². The number of fused-ring (bicyclic) bond motifs is 1. The average molecular weight is 163 g/mol. The number of rotatable bonds is 3. The van der Waals surface area contributed by atoms with Gasteiger partial charge >= 0.3 is 0 Å². The standard InChI is InChI=1S/C11H17N/c1-3-4-11(12-2)10-6-8-5-9(8)7-10/h1,8-12H,4-7H2,2H3. The van der Waals surface area contributed by atoms with Gasteiger partial charge in [0.2, 0.25) is 0 Å². The van der Waals surface area contributed by atoms with Crippen LogP contribution in [0.4, 0.5) is 0 Å². The van der Waals surface area contributed by atoms with Crippen LogP contribution in [0.2, 0.25) is 0 Å². The molecule has 0 radical (unpaired) electrons. The van der Waals surface area contributed by atoms with Gasteiger partial charge in [0.1, 0.15) is 0 Å². The quantitative estimate of drug-likeness (QED) is 0.624. The van der Waals surface area contributed by atoms with Gasteiger partial charge in [-0.2, -0.15) is 0 Å². The predicted molar refractivity (Wildman–Crippen MR) is 50.6 cm³/mol. The van der Waals surface area contributed by atoms with E-state index in [-0.39, 0.29) is 0 Å². The molecule has 0 aromatic heterocycles. The number of terminal acetylenes is 1. The molecule has 0 amide bonds. The lowest BCUT2D eigenvalue weighted by molar-refractivity contribution is 0.356. The van der Waals surface area contributed by atoms with Crippen molar-refractivity contribution in [3.63, 3.8) is 0 Å². The normalized spacial score (nSPS) is 40.2. The van der Waals surface area contributed by atoms with Gasteiger partial charge in [0.15, 0.2) is 0 Å². The SMILES string of the molecule is C#CCC(NC)C1CC2CC2C1. The van der Waals surface area contributed by atoms with Gasteiger partial charge in [0.05, 0.1) is 0 Å². The molecule has 1 nitrogen and oxygen atoms in total. The summed E-state index contributed by atoms with van der Waals surface area (Å²) >= 11 is 0. The van der Waals surface area contributed by atoms with E-state index in [2.05, 4.69) is 11.2 Å². The first-order valence-corrected chi connectivity index (χ1v) is 4.96. The molecule has 2 rings (SSSR count). The van der Waals surface area contributed by atoms with Crippen LogP contribution in [0, 0.1) is 30.1 Å². The van der Waals surface area contributed by atoms with E-state index in [0.29, 0.717) is 6.04 Å². The van der Waals surface area contributed by atoms with E-state index in [1.165, 1.54) is 19.3 Å². The Morgan fingerprint density at radius 2 is 2.08 bits per heavy atom. The molecular weight excluding hydrogens is 146 g/mol. The minimum Gasteiger partial charge on any atom is -0.316 e. The largest absolute Gasteiger partial charge is 0.316 e. The van der Waals surface area contributed by atoms with Crippen molar-refractivity contribution in [1.29, 1.82) is 0 Å². The van der Waals surface area contributed by atoms with Gasteiger partial charge in [-0.05, 0) is 44.1 Å². The molecular formula is C11H17N. The maximum atomic E-state index is 5.33. The maximum Gasteiger partial charge on any atom is 0.0243 e. The minimum atomic E-state index is 0.586. The molecule has 1 heteroatoms. The summed E-state index contributed by atoms with van der Waals surface area (Å²) in [6.07, 6.45) is 10.6. The van der Waals surface area contributed by atoms with E-state index < -0.39 is 0 Å². The van der Waals surface area contributed by atoms with E-state index in [1.807, 2.05) is 7.05 Å². The van der Waals surface area contributed by atoms with Gasteiger partial charge in [0, 0.05) is 12.5 Å². The highest BCUT2D eigenvalue weighted by Crippen LogP contribution is 2.55. The van der Waals surface area contributed by atoms with Gasteiger partial charge < -0.3 is 5.32 Å². The van der Waals surface area contributed by atoms with Crippen LogP contribution >= 0.6 is 0 Å². The highest BCUT2D eigenvalue weighted by Gasteiger charge is 2.47. The molecule has 0 bridgehead atoms. The van der Waals surface area contributed by atoms with Gasteiger partial charge in [-0.3, -0.25) is 0 Å². The first-order chi connectivity index (χ1) is 5.85. The summed E-state index contributed by atoms with van der Waals surface area (Å²) in [5, 5.41) is 3.34. The fourth-order valence-electron chi connectivity index (χ4n) is 2.72. The molecule has 2 aliphatic rings. The second-order valence-corrected chi connectivity index (χ2v) is 4.29. The van der Waals surface area contributed by atoms with Crippen molar-refractivity contribution >= 4 is 0 Å². The highest BCUT2D eigenvalue weighted by atomic mass is 14.9. The van der Waals surface area contributed by atoms with Gasteiger partial charge in [-0.15, -0.1) is 12.3 Å². The summed E-state index contributed by atoms with van der Waals surface area (Å²) in [6, 6.07) is 0.586. The number of hydrogen-bond donors (Lipinski definition) is 1. The minimum absolute atomic E-state index is 0.586. The summed E-state index contributed by atoms with van der Waals surface area (Å²) in [6.45, 7) is 0. The fourth-order valence-corrected chi connectivity index (χ4v) is 2.72. The third kappa shape index (κ3) is 1.36. The van der Waals surface area contributed by atoms with Crippen molar-refractivity contribution in [3.05, 3.63) is 0 Å². The van der Waals surface area contributed by atoms with Crippen LogP contribution < -0.4 is 5.32 Å². The Balaban J connectivity index is 1.86. The van der Waals surface area contributed by atoms with Crippen LogP contribution in [0.3, 0.4) is 0 Å². The molecule has 0 spiro atoms. The molecule has 0 aromatic carbocycles. The van der Waals surface area contributed by atoms with Crippen LogP contribution in [0.1, 0.15) is 25.7 Å².